The van der Waals surface area contributed by atoms with Gasteiger partial charge in [0.2, 0.25) is 11.8 Å². The maximum Gasteiger partial charge on any atom is 0.264 e. The van der Waals surface area contributed by atoms with Crippen molar-refractivity contribution in [3.63, 3.8) is 0 Å². The van der Waals surface area contributed by atoms with Crippen LogP contribution < -0.4 is 9.62 Å². The van der Waals surface area contributed by atoms with Gasteiger partial charge in [-0.1, -0.05) is 65.7 Å². The number of sulfonamides is 1. The van der Waals surface area contributed by atoms with Gasteiger partial charge in [0.25, 0.3) is 10.0 Å². The molecule has 0 unspecified atom stereocenters. The molecule has 0 spiro atoms. The monoisotopic (exact) mass is 545 g/mol. The van der Waals surface area contributed by atoms with Crippen molar-refractivity contribution in [1.82, 2.24) is 10.2 Å². The average molecular weight is 546 g/mol. The van der Waals surface area contributed by atoms with E-state index in [4.69, 9.17) is 23.2 Å². The Hall–Kier alpha value is -3.07. The van der Waals surface area contributed by atoms with Crippen LogP contribution >= 0.6 is 23.2 Å². The number of hydrogen-bond donors (Lipinski definition) is 1. The summed E-state index contributed by atoms with van der Waals surface area (Å²) in [4.78, 5) is 26.9. The molecule has 36 heavy (non-hydrogen) atoms. The molecule has 3 aromatic rings. The highest BCUT2D eigenvalue weighted by Gasteiger charge is 2.29. The fraction of sp³-hybridized carbons (Fsp3) is 0.231. The molecular weight excluding hydrogens is 521 g/mol. The van der Waals surface area contributed by atoms with Crippen LogP contribution in [0.5, 0.6) is 0 Å². The lowest BCUT2D eigenvalue weighted by atomic mass is 10.1. The molecule has 7 nitrogen and oxygen atoms in total. The second kappa shape index (κ2) is 11.3. The number of amides is 2. The van der Waals surface area contributed by atoms with Crippen molar-refractivity contribution >= 4 is 50.7 Å². The van der Waals surface area contributed by atoms with Gasteiger partial charge in [-0.3, -0.25) is 13.9 Å². The Bertz CT molecular complexity index is 1370. The van der Waals surface area contributed by atoms with Crippen molar-refractivity contribution < 1.29 is 18.0 Å². The van der Waals surface area contributed by atoms with Crippen LogP contribution in [0.15, 0.2) is 77.7 Å². The molecule has 1 N–H and O–H groups in total. The normalized spacial score (nSPS) is 13.6. The number of halogens is 2. The first-order valence-electron chi connectivity index (χ1n) is 11.4. The molecule has 10 heteroatoms. The third-order valence-corrected chi connectivity index (χ3v) is 8.24. The first kappa shape index (κ1) is 26.0. The Morgan fingerprint density at radius 2 is 1.67 bits per heavy atom. The van der Waals surface area contributed by atoms with Crippen molar-refractivity contribution in [2.45, 2.75) is 30.8 Å². The smallest absolute Gasteiger partial charge is 0.264 e. The Labute approximate surface area is 220 Å². The third-order valence-electron chi connectivity index (χ3n) is 5.92. The van der Waals surface area contributed by atoms with E-state index in [-0.39, 0.29) is 28.1 Å². The summed E-state index contributed by atoms with van der Waals surface area (Å²) < 4.78 is 27.9. The van der Waals surface area contributed by atoms with Gasteiger partial charge < -0.3 is 10.2 Å². The Morgan fingerprint density at radius 3 is 2.33 bits per heavy atom. The van der Waals surface area contributed by atoms with E-state index in [9.17, 15) is 18.0 Å². The molecule has 0 saturated carbocycles. The lowest BCUT2D eigenvalue weighted by molar-refractivity contribution is -0.128. The Morgan fingerprint density at radius 1 is 0.972 bits per heavy atom. The molecular formula is C26H25Cl2N3O4S. The number of benzene rings is 3. The number of carbonyl (C=O) groups excluding carboxylic acids is 2. The zero-order chi connectivity index (χ0) is 25.7. The van der Waals surface area contributed by atoms with Gasteiger partial charge in [-0.2, -0.15) is 0 Å². The summed E-state index contributed by atoms with van der Waals surface area (Å²) in [6, 6.07) is 19.8. The molecule has 0 aliphatic carbocycles. The minimum atomic E-state index is -4.10. The third kappa shape index (κ3) is 6.00. The molecule has 188 valence electrons. The van der Waals surface area contributed by atoms with Crippen molar-refractivity contribution in [1.29, 1.82) is 0 Å². The Balaban J connectivity index is 1.54. The fourth-order valence-corrected chi connectivity index (χ4v) is 6.07. The number of nitrogens with one attached hydrogen (secondary N) is 1. The molecule has 1 fully saturated rings. The van der Waals surface area contributed by atoms with E-state index in [1.807, 2.05) is 24.3 Å². The first-order chi connectivity index (χ1) is 17.3. The highest BCUT2D eigenvalue weighted by Crippen LogP contribution is 2.32. The number of likely N-dealkylation sites (tertiary alicyclic amines) is 1. The standard InChI is InChI=1S/C26H25Cl2N3O4S/c27-21-12-13-24(23(28)15-21)31(36(34,35)22-9-2-1-3-10-22)18-25(32)29-16-19-7-4-5-8-20(19)17-30-14-6-11-26(30)33/h1-5,7-10,12-13,15H,6,11,14,16-18H2,(H,29,32). The van der Waals surface area contributed by atoms with Crippen LogP contribution in [0.3, 0.4) is 0 Å². The van der Waals surface area contributed by atoms with Crippen LogP contribution in [-0.4, -0.2) is 38.2 Å². The van der Waals surface area contributed by atoms with E-state index < -0.39 is 22.5 Å². The first-order valence-corrected chi connectivity index (χ1v) is 13.6. The van der Waals surface area contributed by atoms with Crippen LogP contribution in [0.2, 0.25) is 10.0 Å². The summed E-state index contributed by atoms with van der Waals surface area (Å²) in [6.45, 7) is 0.892. The van der Waals surface area contributed by atoms with Crippen LogP contribution in [-0.2, 0) is 32.7 Å². The van der Waals surface area contributed by atoms with Crippen molar-refractivity contribution in [2.75, 3.05) is 17.4 Å². The SMILES string of the molecule is O=C(CN(c1ccc(Cl)cc1Cl)S(=O)(=O)c1ccccc1)NCc1ccccc1CN1CCCC1=O. The van der Waals surface area contributed by atoms with E-state index in [0.717, 1.165) is 21.9 Å². The largest absolute Gasteiger partial charge is 0.350 e. The number of carbonyl (C=O) groups is 2. The van der Waals surface area contributed by atoms with E-state index in [1.165, 1.54) is 30.3 Å². The maximum atomic E-state index is 13.5. The zero-order valence-electron chi connectivity index (χ0n) is 19.4. The second-order valence-corrected chi connectivity index (χ2v) is 11.1. The molecule has 0 radical (unpaired) electrons. The predicted molar refractivity (Wildman–Crippen MR) is 140 cm³/mol. The summed E-state index contributed by atoms with van der Waals surface area (Å²) >= 11 is 12.3. The van der Waals surface area contributed by atoms with E-state index in [0.29, 0.717) is 24.5 Å². The molecule has 1 heterocycles. The molecule has 1 aliphatic heterocycles. The zero-order valence-corrected chi connectivity index (χ0v) is 21.7. The second-order valence-electron chi connectivity index (χ2n) is 8.38. The summed E-state index contributed by atoms with van der Waals surface area (Å²) in [5.41, 5.74) is 1.93. The molecule has 4 rings (SSSR count). The predicted octanol–water partition coefficient (Wildman–Crippen LogP) is 4.63. The summed E-state index contributed by atoms with van der Waals surface area (Å²) in [5, 5.41) is 3.27. The van der Waals surface area contributed by atoms with Gasteiger partial charge in [-0.25, -0.2) is 8.42 Å². The molecule has 2 amide bonds. The quantitative estimate of drug-likeness (QED) is 0.424. The summed E-state index contributed by atoms with van der Waals surface area (Å²) in [5.74, 6) is -0.386. The number of hydrogen-bond acceptors (Lipinski definition) is 4. The highest BCUT2D eigenvalue weighted by molar-refractivity contribution is 7.92. The van der Waals surface area contributed by atoms with E-state index in [2.05, 4.69) is 5.32 Å². The van der Waals surface area contributed by atoms with Gasteiger partial charge in [0.15, 0.2) is 0 Å². The van der Waals surface area contributed by atoms with Gasteiger partial charge in [0.05, 0.1) is 15.6 Å². The molecule has 0 aromatic heterocycles. The molecule has 3 aromatic carbocycles. The average Bonchev–Trinajstić information content (AvgIpc) is 3.27. The highest BCUT2D eigenvalue weighted by atomic mass is 35.5. The van der Waals surface area contributed by atoms with E-state index >= 15 is 0 Å². The van der Waals surface area contributed by atoms with Crippen LogP contribution in [0.25, 0.3) is 0 Å². The maximum absolute atomic E-state index is 13.5. The topological polar surface area (TPSA) is 86.8 Å². The van der Waals surface area contributed by atoms with Crippen molar-refractivity contribution in [3.8, 4) is 0 Å². The number of nitrogens with zero attached hydrogens (tertiary/aromatic N) is 2. The Kier molecular flexibility index (Phi) is 8.18. The van der Waals surface area contributed by atoms with E-state index in [1.54, 1.807) is 23.1 Å². The fourth-order valence-electron chi connectivity index (χ4n) is 4.04. The molecule has 0 bridgehead atoms. The molecule has 1 aliphatic rings. The van der Waals surface area contributed by atoms with Crippen molar-refractivity contribution in [3.05, 3.63) is 94.0 Å². The lowest BCUT2D eigenvalue weighted by Crippen LogP contribution is -2.41. The summed E-state index contributed by atoms with van der Waals surface area (Å²) in [7, 11) is -4.10. The van der Waals surface area contributed by atoms with Crippen LogP contribution in [0.4, 0.5) is 5.69 Å². The van der Waals surface area contributed by atoms with Gasteiger partial charge >= 0.3 is 0 Å². The van der Waals surface area contributed by atoms with Gasteiger partial charge in [-0.05, 0) is 47.9 Å². The van der Waals surface area contributed by atoms with Gasteiger partial charge in [0.1, 0.15) is 6.54 Å². The van der Waals surface area contributed by atoms with Gasteiger partial charge in [0, 0.05) is 31.1 Å². The number of anilines is 1. The van der Waals surface area contributed by atoms with Crippen LogP contribution in [0, 0.1) is 0 Å². The lowest BCUT2D eigenvalue weighted by Gasteiger charge is -2.25. The van der Waals surface area contributed by atoms with Crippen molar-refractivity contribution in [2.24, 2.45) is 0 Å². The molecule has 1 saturated heterocycles. The molecule has 0 atom stereocenters. The minimum Gasteiger partial charge on any atom is -0.350 e. The minimum absolute atomic E-state index is 0.0319. The summed E-state index contributed by atoms with van der Waals surface area (Å²) in [6.07, 6.45) is 1.40. The van der Waals surface area contributed by atoms with Crippen LogP contribution in [0.1, 0.15) is 24.0 Å². The van der Waals surface area contributed by atoms with Gasteiger partial charge in [-0.15, -0.1) is 0 Å². The number of rotatable bonds is 9.